The van der Waals surface area contributed by atoms with E-state index in [0.29, 0.717) is 25.1 Å². The molecule has 1 aromatic rings. The van der Waals surface area contributed by atoms with E-state index in [1.807, 2.05) is 31.4 Å². The molecule has 0 fully saturated rings. The van der Waals surface area contributed by atoms with Crippen molar-refractivity contribution in [2.24, 2.45) is 5.73 Å². The van der Waals surface area contributed by atoms with Gasteiger partial charge in [0.25, 0.3) is 5.91 Å². The number of thioether (sulfide) groups is 1. The fraction of sp³-hybridized carbons (Fsp3) is 0.500. The van der Waals surface area contributed by atoms with Gasteiger partial charge < -0.3 is 16.4 Å². The lowest BCUT2D eigenvalue weighted by Gasteiger charge is -2.18. The lowest BCUT2D eigenvalue weighted by atomic mass is 10.1. The Morgan fingerprint density at radius 2 is 2.14 bits per heavy atom. The van der Waals surface area contributed by atoms with E-state index in [4.69, 9.17) is 5.73 Å². The van der Waals surface area contributed by atoms with Gasteiger partial charge in [0.05, 0.1) is 0 Å². The molecule has 0 radical (unpaired) electrons. The Hall–Kier alpha value is -1.53. The third kappa shape index (κ3) is 6.49. The van der Waals surface area contributed by atoms with Crippen LogP contribution in [0.4, 0.5) is 0 Å². The van der Waals surface area contributed by atoms with E-state index >= 15 is 0 Å². The molecular formula is C16H25N3O2S. The fourth-order valence-electron chi connectivity index (χ4n) is 1.97. The summed E-state index contributed by atoms with van der Waals surface area (Å²) in [6.45, 7) is 3.00. The van der Waals surface area contributed by atoms with Crippen LogP contribution in [0.25, 0.3) is 0 Å². The van der Waals surface area contributed by atoms with Crippen LogP contribution in [0, 0.1) is 6.92 Å². The fourth-order valence-corrected chi connectivity index (χ4v) is 2.44. The van der Waals surface area contributed by atoms with E-state index in [2.05, 4.69) is 10.6 Å². The van der Waals surface area contributed by atoms with E-state index in [1.165, 1.54) is 0 Å². The van der Waals surface area contributed by atoms with Crippen LogP contribution in [0.2, 0.25) is 0 Å². The Bertz CT molecular complexity index is 494. The molecule has 1 rings (SSSR count). The number of hydrogen-bond donors (Lipinski definition) is 3. The Morgan fingerprint density at radius 3 is 2.77 bits per heavy atom. The van der Waals surface area contributed by atoms with Crippen molar-refractivity contribution < 1.29 is 9.59 Å². The maximum Gasteiger partial charge on any atom is 0.251 e. The third-order valence-electron chi connectivity index (χ3n) is 3.19. The molecule has 5 nitrogen and oxygen atoms in total. The smallest absolute Gasteiger partial charge is 0.251 e. The Balaban J connectivity index is 2.66. The van der Waals surface area contributed by atoms with Crippen LogP contribution in [0.3, 0.4) is 0 Å². The average molecular weight is 323 g/mol. The first-order valence-corrected chi connectivity index (χ1v) is 8.82. The van der Waals surface area contributed by atoms with Gasteiger partial charge in [0.1, 0.15) is 6.04 Å². The van der Waals surface area contributed by atoms with E-state index < -0.39 is 6.04 Å². The van der Waals surface area contributed by atoms with Crippen LogP contribution in [0.1, 0.15) is 28.8 Å². The number of amides is 2. The number of benzene rings is 1. The van der Waals surface area contributed by atoms with Crippen LogP contribution < -0.4 is 16.4 Å². The number of hydrogen-bond acceptors (Lipinski definition) is 4. The maximum absolute atomic E-state index is 12.3. The summed E-state index contributed by atoms with van der Waals surface area (Å²) in [5.74, 6) is 0.440. The topological polar surface area (TPSA) is 84.2 Å². The molecule has 0 saturated carbocycles. The van der Waals surface area contributed by atoms with E-state index in [-0.39, 0.29) is 11.8 Å². The molecule has 0 heterocycles. The molecule has 0 aromatic heterocycles. The number of carbonyl (C=O) groups is 2. The normalized spacial score (nSPS) is 11.8. The summed E-state index contributed by atoms with van der Waals surface area (Å²) in [5.41, 5.74) is 7.01. The van der Waals surface area contributed by atoms with Crippen LogP contribution in [-0.2, 0) is 4.79 Å². The van der Waals surface area contributed by atoms with Crippen molar-refractivity contribution in [2.45, 2.75) is 25.8 Å². The zero-order valence-corrected chi connectivity index (χ0v) is 14.0. The molecule has 1 aromatic carbocycles. The zero-order chi connectivity index (χ0) is 16.4. The highest BCUT2D eigenvalue weighted by Crippen LogP contribution is 2.06. The molecule has 6 heteroatoms. The first kappa shape index (κ1) is 18.5. The van der Waals surface area contributed by atoms with Gasteiger partial charge in [-0.3, -0.25) is 9.59 Å². The van der Waals surface area contributed by atoms with Crippen molar-refractivity contribution in [1.82, 2.24) is 10.6 Å². The van der Waals surface area contributed by atoms with Crippen LogP contribution in [-0.4, -0.2) is 43.0 Å². The highest BCUT2D eigenvalue weighted by Gasteiger charge is 2.20. The zero-order valence-electron chi connectivity index (χ0n) is 13.2. The van der Waals surface area contributed by atoms with Crippen molar-refractivity contribution in [3.8, 4) is 0 Å². The van der Waals surface area contributed by atoms with Gasteiger partial charge in [-0.1, -0.05) is 17.7 Å². The lowest BCUT2D eigenvalue weighted by molar-refractivity contribution is -0.123. The lowest BCUT2D eigenvalue weighted by Crippen LogP contribution is -2.47. The summed E-state index contributed by atoms with van der Waals surface area (Å²) in [6.07, 6.45) is 3.31. The van der Waals surface area contributed by atoms with Crippen molar-refractivity contribution >= 4 is 23.6 Å². The van der Waals surface area contributed by atoms with Crippen molar-refractivity contribution in [1.29, 1.82) is 0 Å². The minimum Gasteiger partial charge on any atom is -0.354 e. The maximum atomic E-state index is 12.3. The van der Waals surface area contributed by atoms with E-state index in [9.17, 15) is 9.59 Å². The van der Waals surface area contributed by atoms with Gasteiger partial charge in [0.2, 0.25) is 5.91 Å². The summed E-state index contributed by atoms with van der Waals surface area (Å²) < 4.78 is 0. The summed E-state index contributed by atoms with van der Waals surface area (Å²) in [6, 6.07) is 6.82. The summed E-state index contributed by atoms with van der Waals surface area (Å²) in [5, 5.41) is 5.64. The van der Waals surface area contributed by atoms with E-state index in [1.54, 1.807) is 17.8 Å². The van der Waals surface area contributed by atoms with E-state index in [0.717, 1.165) is 17.7 Å². The molecule has 0 aliphatic carbocycles. The second-order valence-corrected chi connectivity index (χ2v) is 6.10. The molecular weight excluding hydrogens is 298 g/mol. The summed E-state index contributed by atoms with van der Waals surface area (Å²) in [4.78, 5) is 24.5. The van der Waals surface area contributed by atoms with Gasteiger partial charge in [-0.2, -0.15) is 11.8 Å². The number of aryl methyl sites for hydroxylation is 1. The summed E-state index contributed by atoms with van der Waals surface area (Å²) in [7, 11) is 0. The minimum absolute atomic E-state index is 0.150. The molecule has 0 aliphatic rings. The van der Waals surface area contributed by atoms with Crippen molar-refractivity contribution in [3.63, 3.8) is 0 Å². The largest absolute Gasteiger partial charge is 0.354 e. The number of nitrogens with two attached hydrogens (primary N) is 1. The molecule has 1 atom stereocenters. The van der Waals surface area contributed by atoms with Gasteiger partial charge in [0.15, 0.2) is 0 Å². The Labute approximate surface area is 136 Å². The van der Waals surface area contributed by atoms with Crippen molar-refractivity contribution in [2.75, 3.05) is 25.1 Å². The third-order valence-corrected chi connectivity index (χ3v) is 3.84. The highest BCUT2D eigenvalue weighted by molar-refractivity contribution is 7.98. The first-order valence-electron chi connectivity index (χ1n) is 7.42. The molecule has 4 N–H and O–H groups in total. The molecule has 22 heavy (non-hydrogen) atoms. The predicted molar refractivity (Wildman–Crippen MR) is 92.1 cm³/mol. The van der Waals surface area contributed by atoms with Crippen LogP contribution >= 0.6 is 11.8 Å². The average Bonchev–Trinajstić information content (AvgIpc) is 2.51. The molecule has 1 unspecified atom stereocenters. The number of carbonyl (C=O) groups excluding carboxylic acids is 2. The minimum atomic E-state index is -0.516. The SMILES string of the molecule is CSCCC(NC(=O)c1cccc(C)c1)C(=O)NCCCN. The van der Waals surface area contributed by atoms with Gasteiger partial charge in [0, 0.05) is 12.1 Å². The molecule has 2 amide bonds. The predicted octanol–water partition coefficient (Wildman–Crippen LogP) is 1.31. The van der Waals surface area contributed by atoms with Crippen LogP contribution in [0.5, 0.6) is 0 Å². The van der Waals surface area contributed by atoms with Gasteiger partial charge in [-0.05, 0) is 50.5 Å². The van der Waals surface area contributed by atoms with Gasteiger partial charge in [-0.25, -0.2) is 0 Å². The monoisotopic (exact) mass is 323 g/mol. The standard InChI is InChI=1S/C16H25N3O2S/c1-12-5-3-6-13(11-12)15(20)19-14(7-10-22-2)16(21)18-9-4-8-17/h3,5-6,11,14H,4,7-10,17H2,1-2H3,(H,18,21)(H,19,20). The Morgan fingerprint density at radius 1 is 1.36 bits per heavy atom. The number of nitrogens with one attached hydrogen (secondary N) is 2. The van der Waals surface area contributed by atoms with Gasteiger partial charge in [-0.15, -0.1) is 0 Å². The highest BCUT2D eigenvalue weighted by atomic mass is 32.2. The summed E-state index contributed by atoms with van der Waals surface area (Å²) >= 11 is 1.65. The second kappa shape index (κ2) is 10.2. The van der Waals surface area contributed by atoms with Crippen molar-refractivity contribution in [3.05, 3.63) is 35.4 Å². The molecule has 0 saturated heterocycles. The molecule has 0 spiro atoms. The van der Waals surface area contributed by atoms with Crippen LogP contribution in [0.15, 0.2) is 24.3 Å². The second-order valence-electron chi connectivity index (χ2n) is 5.11. The van der Waals surface area contributed by atoms with Gasteiger partial charge >= 0.3 is 0 Å². The molecule has 122 valence electrons. The molecule has 0 bridgehead atoms. The quantitative estimate of drug-likeness (QED) is 0.598. The number of rotatable bonds is 9. The Kier molecular flexibility index (Phi) is 8.62. The molecule has 0 aliphatic heterocycles. The first-order chi connectivity index (χ1) is 10.6.